The van der Waals surface area contributed by atoms with E-state index in [9.17, 15) is 9.59 Å². The lowest BCUT2D eigenvalue weighted by Gasteiger charge is -2.40. The van der Waals surface area contributed by atoms with Gasteiger partial charge in [0.25, 0.3) is 0 Å². The van der Waals surface area contributed by atoms with E-state index < -0.39 is 23.5 Å². The standard InChI is InChI=1S/C34H44FNO6/c1-8-40-33(38)32(42-34(5,6)7)30-20(3)24-17-28(37)36(22-11-14-39-15-12-22)18-26(24)21(4)29(30)25-16-27(35)31-23(19(25)2)10-9-13-41-31/h16,22,32H,8-15,17-18H2,1-7H3/t32-/m0/s1. The van der Waals surface area contributed by atoms with Crippen molar-refractivity contribution < 1.29 is 32.9 Å². The van der Waals surface area contributed by atoms with E-state index in [1.807, 2.05) is 46.4 Å². The van der Waals surface area contributed by atoms with Gasteiger partial charge in [-0.3, -0.25) is 4.79 Å². The highest BCUT2D eigenvalue weighted by molar-refractivity contribution is 5.89. The summed E-state index contributed by atoms with van der Waals surface area (Å²) in [6.45, 7) is 15.9. The molecule has 0 aromatic heterocycles. The predicted molar refractivity (Wildman–Crippen MR) is 158 cm³/mol. The summed E-state index contributed by atoms with van der Waals surface area (Å²) < 4.78 is 39.0. The zero-order valence-electron chi connectivity index (χ0n) is 26.1. The van der Waals surface area contributed by atoms with Crippen LogP contribution in [0.2, 0.25) is 0 Å². The Balaban J connectivity index is 1.78. The summed E-state index contributed by atoms with van der Waals surface area (Å²) in [6, 6.07) is 1.67. The Morgan fingerprint density at radius 2 is 1.79 bits per heavy atom. The van der Waals surface area contributed by atoms with Gasteiger partial charge in [0.1, 0.15) is 0 Å². The van der Waals surface area contributed by atoms with Gasteiger partial charge in [-0.1, -0.05) is 0 Å². The molecular weight excluding hydrogens is 537 g/mol. The molecule has 2 aromatic carbocycles. The van der Waals surface area contributed by atoms with Crippen LogP contribution in [0.5, 0.6) is 5.75 Å². The van der Waals surface area contributed by atoms with Crippen molar-refractivity contribution in [1.82, 2.24) is 4.90 Å². The molecule has 228 valence electrons. The second-order valence-electron chi connectivity index (χ2n) is 12.7. The average molecular weight is 582 g/mol. The largest absolute Gasteiger partial charge is 0.490 e. The predicted octanol–water partition coefficient (Wildman–Crippen LogP) is 6.23. The third kappa shape index (κ3) is 5.68. The Labute approximate surface area is 248 Å². The number of benzene rings is 2. The molecule has 1 saturated heterocycles. The van der Waals surface area contributed by atoms with Crippen LogP contribution in [0, 0.1) is 26.6 Å². The lowest BCUT2D eigenvalue weighted by molar-refractivity contribution is -0.166. The third-order valence-electron chi connectivity index (χ3n) is 8.87. The van der Waals surface area contributed by atoms with E-state index in [0.717, 1.165) is 70.2 Å². The van der Waals surface area contributed by atoms with E-state index in [2.05, 4.69) is 0 Å². The molecule has 1 amide bonds. The average Bonchev–Trinajstić information content (AvgIpc) is 2.96. The maximum atomic E-state index is 15.7. The Bertz CT molecular complexity index is 1390. The summed E-state index contributed by atoms with van der Waals surface area (Å²) in [5, 5.41) is 0. The molecule has 1 atom stereocenters. The van der Waals surface area contributed by atoms with Gasteiger partial charge in [0.2, 0.25) is 5.91 Å². The molecule has 42 heavy (non-hydrogen) atoms. The minimum Gasteiger partial charge on any atom is -0.490 e. The van der Waals surface area contributed by atoms with Gasteiger partial charge in [-0.05, 0) is 119 Å². The maximum absolute atomic E-state index is 15.7. The summed E-state index contributed by atoms with van der Waals surface area (Å²) in [4.78, 5) is 29.2. The van der Waals surface area contributed by atoms with Crippen LogP contribution in [0.25, 0.3) is 11.1 Å². The minimum absolute atomic E-state index is 0.0770. The van der Waals surface area contributed by atoms with E-state index in [0.29, 0.717) is 37.7 Å². The van der Waals surface area contributed by atoms with Crippen LogP contribution in [0.1, 0.15) is 92.0 Å². The summed E-state index contributed by atoms with van der Waals surface area (Å²) in [7, 11) is 0. The first kappa shape index (κ1) is 30.5. The van der Waals surface area contributed by atoms with Gasteiger partial charge in [0.05, 0.1) is 25.2 Å². The van der Waals surface area contributed by atoms with Crippen molar-refractivity contribution in [3.8, 4) is 16.9 Å². The second-order valence-corrected chi connectivity index (χ2v) is 12.7. The molecule has 3 aliphatic rings. The Hall–Kier alpha value is -2.97. The van der Waals surface area contributed by atoms with Crippen molar-refractivity contribution >= 4 is 11.9 Å². The van der Waals surface area contributed by atoms with Crippen LogP contribution in [-0.4, -0.2) is 54.8 Å². The first-order chi connectivity index (χ1) is 19.9. The molecule has 0 radical (unpaired) electrons. The van der Waals surface area contributed by atoms with Gasteiger partial charge in [0, 0.05) is 36.9 Å². The fraction of sp³-hybridized carbons (Fsp3) is 0.588. The van der Waals surface area contributed by atoms with Crippen molar-refractivity contribution in [3.63, 3.8) is 0 Å². The first-order valence-corrected chi connectivity index (χ1v) is 15.2. The van der Waals surface area contributed by atoms with Crippen molar-refractivity contribution in [1.29, 1.82) is 0 Å². The Morgan fingerprint density at radius 1 is 1.07 bits per heavy atom. The SMILES string of the molecule is CCOC(=O)[C@@H](OC(C)(C)C)c1c(C)c2c(c(C)c1-c1cc(F)c3c(c1C)CCCO3)CN(C1CCOCC1)C(=O)C2. The van der Waals surface area contributed by atoms with Gasteiger partial charge in [-0.25, -0.2) is 9.18 Å². The van der Waals surface area contributed by atoms with Crippen molar-refractivity contribution in [2.75, 3.05) is 26.4 Å². The first-order valence-electron chi connectivity index (χ1n) is 15.2. The molecule has 0 N–H and O–H groups in total. The molecule has 1 fully saturated rings. The zero-order chi connectivity index (χ0) is 30.3. The lowest BCUT2D eigenvalue weighted by Crippen LogP contribution is -2.46. The van der Waals surface area contributed by atoms with E-state index in [1.54, 1.807) is 13.0 Å². The van der Waals surface area contributed by atoms with E-state index in [-0.39, 0.29) is 25.0 Å². The molecule has 7 nitrogen and oxygen atoms in total. The van der Waals surface area contributed by atoms with Crippen LogP contribution < -0.4 is 4.74 Å². The van der Waals surface area contributed by atoms with Crippen LogP contribution in [0.15, 0.2) is 6.07 Å². The maximum Gasteiger partial charge on any atom is 0.339 e. The van der Waals surface area contributed by atoms with Crippen LogP contribution in [-0.2, 0) is 43.2 Å². The lowest BCUT2D eigenvalue weighted by atomic mass is 9.78. The molecule has 0 aliphatic carbocycles. The number of esters is 1. The van der Waals surface area contributed by atoms with E-state index in [1.165, 1.54) is 0 Å². The zero-order valence-corrected chi connectivity index (χ0v) is 26.1. The number of carbonyl (C=O) groups is 2. The highest BCUT2D eigenvalue weighted by Crippen LogP contribution is 2.46. The normalized spacial score (nSPS) is 18.3. The molecular formula is C34H44FNO6. The minimum atomic E-state index is -1.05. The number of ether oxygens (including phenoxy) is 4. The summed E-state index contributed by atoms with van der Waals surface area (Å²) in [6.07, 6.45) is 2.33. The van der Waals surface area contributed by atoms with Crippen LogP contribution in [0.3, 0.4) is 0 Å². The fourth-order valence-corrected chi connectivity index (χ4v) is 6.84. The van der Waals surface area contributed by atoms with Gasteiger partial charge in [-0.15, -0.1) is 0 Å². The molecule has 3 heterocycles. The Kier molecular flexibility index (Phi) is 8.68. The second kappa shape index (κ2) is 12.0. The molecule has 0 bridgehead atoms. The molecule has 2 aromatic rings. The molecule has 0 saturated carbocycles. The quantitative estimate of drug-likeness (QED) is 0.377. The summed E-state index contributed by atoms with van der Waals surface area (Å²) in [5.41, 5.74) is 6.99. The van der Waals surface area contributed by atoms with Crippen LogP contribution >= 0.6 is 0 Å². The number of halogens is 1. The number of nitrogens with zero attached hydrogens (tertiary/aromatic N) is 1. The number of carbonyl (C=O) groups excluding carboxylic acids is 2. The molecule has 0 spiro atoms. The van der Waals surface area contributed by atoms with Crippen molar-refractivity contribution in [2.24, 2.45) is 0 Å². The molecule has 0 unspecified atom stereocenters. The number of fused-ring (bicyclic) bond motifs is 2. The van der Waals surface area contributed by atoms with Gasteiger partial charge in [-0.2, -0.15) is 0 Å². The van der Waals surface area contributed by atoms with Crippen molar-refractivity contribution in [3.05, 3.63) is 50.8 Å². The summed E-state index contributed by atoms with van der Waals surface area (Å²) >= 11 is 0. The monoisotopic (exact) mass is 581 g/mol. The van der Waals surface area contributed by atoms with Crippen molar-refractivity contribution in [2.45, 2.75) is 105 Å². The highest BCUT2D eigenvalue weighted by Gasteiger charge is 2.39. The summed E-state index contributed by atoms with van der Waals surface area (Å²) in [5.74, 6) is -0.510. The molecule has 3 aliphatic heterocycles. The van der Waals surface area contributed by atoms with E-state index >= 15 is 4.39 Å². The van der Waals surface area contributed by atoms with Gasteiger partial charge < -0.3 is 23.8 Å². The van der Waals surface area contributed by atoms with E-state index in [4.69, 9.17) is 18.9 Å². The number of hydrogen-bond acceptors (Lipinski definition) is 6. The third-order valence-corrected chi connectivity index (χ3v) is 8.87. The number of amides is 1. The number of rotatable bonds is 6. The van der Waals surface area contributed by atoms with Crippen LogP contribution in [0.4, 0.5) is 4.39 Å². The number of hydrogen-bond donors (Lipinski definition) is 0. The van der Waals surface area contributed by atoms with Gasteiger partial charge >= 0.3 is 5.97 Å². The highest BCUT2D eigenvalue weighted by atomic mass is 19.1. The van der Waals surface area contributed by atoms with Gasteiger partial charge in [0.15, 0.2) is 17.7 Å². The molecule has 8 heteroatoms. The smallest absolute Gasteiger partial charge is 0.339 e. The molecule has 5 rings (SSSR count). The topological polar surface area (TPSA) is 74.3 Å². The fourth-order valence-electron chi connectivity index (χ4n) is 6.84. The Morgan fingerprint density at radius 3 is 2.45 bits per heavy atom.